The summed E-state index contributed by atoms with van der Waals surface area (Å²) < 4.78 is 0. The van der Waals surface area contributed by atoms with E-state index < -0.39 is 0 Å². The summed E-state index contributed by atoms with van der Waals surface area (Å²) in [6, 6.07) is 13.7. The summed E-state index contributed by atoms with van der Waals surface area (Å²) in [5.74, 6) is 0.0925. The summed E-state index contributed by atoms with van der Waals surface area (Å²) in [6.07, 6.45) is 0. The number of H-pyrrole nitrogens is 1. The molecule has 23 heavy (non-hydrogen) atoms. The van der Waals surface area contributed by atoms with Crippen LogP contribution in [0.1, 0.15) is 41.4 Å². The van der Waals surface area contributed by atoms with E-state index in [1.807, 2.05) is 18.2 Å². The third kappa shape index (κ3) is 2.93. The standard InChI is InChI=1S/C19H22N2O2/c1-13-9-10-15(17(22)20-13)18(23)21-11-16(19(2,3)12-21)14-7-5-4-6-8-14/h4-10,16H,11-12H2,1-3H3,(H,20,22)/t16-/m1/s1. The first-order chi connectivity index (χ1) is 10.9. The van der Waals surface area contributed by atoms with Crippen LogP contribution in [0, 0.1) is 12.3 Å². The second-order valence-corrected chi connectivity index (χ2v) is 7.02. The van der Waals surface area contributed by atoms with Crippen molar-refractivity contribution in [3.8, 4) is 0 Å². The van der Waals surface area contributed by atoms with Gasteiger partial charge >= 0.3 is 0 Å². The van der Waals surface area contributed by atoms with E-state index in [2.05, 4.69) is 31.0 Å². The molecule has 1 atom stereocenters. The highest BCUT2D eigenvalue weighted by Gasteiger charge is 2.42. The first-order valence-electron chi connectivity index (χ1n) is 7.92. The van der Waals surface area contributed by atoms with E-state index >= 15 is 0 Å². The van der Waals surface area contributed by atoms with Crippen LogP contribution in [0.5, 0.6) is 0 Å². The van der Waals surface area contributed by atoms with Crippen LogP contribution in [0.4, 0.5) is 0 Å². The molecule has 3 rings (SSSR count). The highest BCUT2D eigenvalue weighted by Crippen LogP contribution is 2.42. The van der Waals surface area contributed by atoms with Gasteiger partial charge in [0.15, 0.2) is 0 Å². The zero-order valence-corrected chi connectivity index (χ0v) is 13.8. The van der Waals surface area contributed by atoms with Crippen LogP contribution in [0.15, 0.2) is 47.3 Å². The quantitative estimate of drug-likeness (QED) is 0.927. The van der Waals surface area contributed by atoms with Crippen molar-refractivity contribution in [1.82, 2.24) is 9.88 Å². The van der Waals surface area contributed by atoms with Crippen LogP contribution >= 0.6 is 0 Å². The van der Waals surface area contributed by atoms with Gasteiger partial charge in [-0.15, -0.1) is 0 Å². The van der Waals surface area contributed by atoms with Crippen molar-refractivity contribution in [1.29, 1.82) is 0 Å². The maximum Gasteiger partial charge on any atom is 0.260 e. The third-order valence-electron chi connectivity index (χ3n) is 4.72. The molecule has 1 aromatic heterocycles. The van der Waals surface area contributed by atoms with Crippen molar-refractivity contribution in [2.24, 2.45) is 5.41 Å². The molecule has 1 saturated heterocycles. The average molecular weight is 310 g/mol. The minimum atomic E-state index is -0.309. The monoisotopic (exact) mass is 310 g/mol. The molecule has 0 unspecified atom stereocenters. The molecule has 1 amide bonds. The maximum absolute atomic E-state index is 12.7. The predicted octanol–water partition coefficient (Wildman–Crippen LogP) is 2.95. The lowest BCUT2D eigenvalue weighted by Gasteiger charge is -2.25. The Labute approximate surface area is 136 Å². The normalized spacial score (nSPS) is 19.8. The Kier molecular flexibility index (Phi) is 3.84. The highest BCUT2D eigenvalue weighted by atomic mass is 16.2. The van der Waals surface area contributed by atoms with Crippen molar-refractivity contribution in [3.63, 3.8) is 0 Å². The Bertz CT molecular complexity index is 777. The number of nitrogens with zero attached hydrogens (tertiary/aromatic N) is 1. The Morgan fingerprint density at radius 3 is 2.52 bits per heavy atom. The molecular formula is C19H22N2O2. The van der Waals surface area contributed by atoms with Crippen molar-refractivity contribution in [2.45, 2.75) is 26.7 Å². The number of nitrogens with one attached hydrogen (secondary N) is 1. The smallest absolute Gasteiger partial charge is 0.260 e. The number of carbonyl (C=O) groups is 1. The molecule has 1 aliphatic heterocycles. The molecule has 1 N–H and O–H groups in total. The molecule has 1 aromatic carbocycles. The van der Waals surface area contributed by atoms with Crippen LogP contribution in [0.2, 0.25) is 0 Å². The van der Waals surface area contributed by atoms with Crippen LogP contribution < -0.4 is 5.56 Å². The molecule has 0 aliphatic carbocycles. The molecule has 120 valence electrons. The zero-order valence-electron chi connectivity index (χ0n) is 13.8. The number of pyridine rings is 1. The molecule has 0 radical (unpaired) electrons. The zero-order chi connectivity index (χ0) is 16.6. The summed E-state index contributed by atoms with van der Waals surface area (Å²) in [6.45, 7) is 7.45. The number of amides is 1. The molecule has 0 saturated carbocycles. The average Bonchev–Trinajstić information content (AvgIpc) is 2.83. The van der Waals surface area contributed by atoms with Crippen LogP contribution in [0.25, 0.3) is 0 Å². The fraction of sp³-hybridized carbons (Fsp3) is 0.368. The van der Waals surface area contributed by atoms with Gasteiger partial charge in [-0.2, -0.15) is 0 Å². The van der Waals surface area contributed by atoms with Gasteiger partial charge in [0.2, 0.25) is 0 Å². The molecule has 4 nitrogen and oxygen atoms in total. The summed E-state index contributed by atoms with van der Waals surface area (Å²) >= 11 is 0. The lowest BCUT2D eigenvalue weighted by atomic mass is 9.78. The number of benzene rings is 1. The Hall–Kier alpha value is -2.36. The lowest BCUT2D eigenvalue weighted by molar-refractivity contribution is 0.0776. The molecular weight excluding hydrogens is 288 g/mol. The Morgan fingerprint density at radius 1 is 1.17 bits per heavy atom. The lowest BCUT2D eigenvalue weighted by Crippen LogP contribution is -2.34. The fourth-order valence-corrected chi connectivity index (χ4v) is 3.44. The molecule has 2 aromatic rings. The van der Waals surface area contributed by atoms with Gasteiger partial charge in [-0.3, -0.25) is 9.59 Å². The number of rotatable bonds is 2. The minimum Gasteiger partial charge on any atom is -0.337 e. The van der Waals surface area contributed by atoms with Crippen molar-refractivity contribution < 1.29 is 4.79 Å². The van der Waals surface area contributed by atoms with E-state index in [1.54, 1.807) is 24.0 Å². The van der Waals surface area contributed by atoms with E-state index in [0.29, 0.717) is 13.1 Å². The summed E-state index contributed by atoms with van der Waals surface area (Å²) in [4.78, 5) is 29.3. The minimum absolute atomic E-state index is 0.0194. The maximum atomic E-state index is 12.7. The number of aromatic amines is 1. The fourth-order valence-electron chi connectivity index (χ4n) is 3.44. The Morgan fingerprint density at radius 2 is 1.87 bits per heavy atom. The number of aromatic nitrogens is 1. The largest absolute Gasteiger partial charge is 0.337 e. The molecule has 0 bridgehead atoms. The van der Waals surface area contributed by atoms with Crippen LogP contribution in [-0.2, 0) is 0 Å². The topological polar surface area (TPSA) is 53.2 Å². The Balaban J connectivity index is 1.88. The van der Waals surface area contributed by atoms with Gasteiger partial charge in [-0.1, -0.05) is 44.2 Å². The molecule has 4 heteroatoms. The van der Waals surface area contributed by atoms with E-state index in [9.17, 15) is 9.59 Å². The van der Waals surface area contributed by atoms with E-state index in [1.165, 1.54) is 5.56 Å². The summed E-state index contributed by atoms with van der Waals surface area (Å²) in [5.41, 5.74) is 1.89. The molecule has 0 spiro atoms. The van der Waals surface area contributed by atoms with E-state index in [-0.39, 0.29) is 28.4 Å². The second kappa shape index (κ2) is 5.69. The summed E-state index contributed by atoms with van der Waals surface area (Å²) in [5, 5.41) is 0. The van der Waals surface area contributed by atoms with Gasteiger partial charge in [-0.25, -0.2) is 0 Å². The van der Waals surface area contributed by atoms with Gasteiger partial charge < -0.3 is 9.88 Å². The van der Waals surface area contributed by atoms with Crippen LogP contribution in [0.3, 0.4) is 0 Å². The predicted molar refractivity (Wildman–Crippen MR) is 90.7 cm³/mol. The number of carbonyl (C=O) groups excluding carboxylic acids is 1. The SMILES string of the molecule is Cc1ccc(C(=O)N2C[C@H](c3ccccc3)C(C)(C)C2)c(=O)[nH]1. The van der Waals surface area contributed by atoms with Gasteiger partial charge in [0.05, 0.1) is 0 Å². The van der Waals surface area contributed by atoms with Gasteiger partial charge in [0.1, 0.15) is 5.56 Å². The number of aryl methyl sites for hydroxylation is 1. The molecule has 1 fully saturated rings. The molecule has 1 aliphatic rings. The van der Waals surface area contributed by atoms with Crippen molar-refractivity contribution >= 4 is 5.91 Å². The van der Waals surface area contributed by atoms with Gasteiger partial charge in [-0.05, 0) is 30.0 Å². The first-order valence-corrected chi connectivity index (χ1v) is 7.92. The van der Waals surface area contributed by atoms with E-state index in [0.717, 1.165) is 5.69 Å². The number of hydrogen-bond acceptors (Lipinski definition) is 2. The third-order valence-corrected chi connectivity index (χ3v) is 4.72. The van der Waals surface area contributed by atoms with E-state index in [4.69, 9.17) is 0 Å². The van der Waals surface area contributed by atoms with Crippen molar-refractivity contribution in [3.05, 3.63) is 69.6 Å². The van der Waals surface area contributed by atoms with Gasteiger partial charge in [0.25, 0.3) is 11.5 Å². The first kappa shape index (κ1) is 15.5. The summed E-state index contributed by atoms with van der Waals surface area (Å²) in [7, 11) is 0. The van der Waals surface area contributed by atoms with Gasteiger partial charge in [0, 0.05) is 24.7 Å². The second-order valence-electron chi connectivity index (χ2n) is 7.02. The highest BCUT2D eigenvalue weighted by molar-refractivity contribution is 5.94. The number of likely N-dealkylation sites (tertiary alicyclic amines) is 1. The number of hydrogen-bond donors (Lipinski definition) is 1. The molecule has 2 heterocycles. The van der Waals surface area contributed by atoms with Crippen LogP contribution in [-0.4, -0.2) is 28.9 Å². The van der Waals surface area contributed by atoms with Crippen molar-refractivity contribution in [2.75, 3.05) is 13.1 Å².